The number of benzene rings is 1. The molecular formula is C16H16F3NO5S. The van der Waals surface area contributed by atoms with Crippen LogP contribution in [0.3, 0.4) is 0 Å². The van der Waals surface area contributed by atoms with Crippen molar-refractivity contribution in [3.8, 4) is 0 Å². The third-order valence-corrected chi connectivity index (χ3v) is 5.04. The Morgan fingerprint density at radius 1 is 1.19 bits per heavy atom. The molecule has 1 aromatic heterocycles. The Bertz CT molecular complexity index is 887. The molecular weight excluding hydrogens is 375 g/mol. The number of nitrogens with zero attached hydrogens (tertiary/aromatic N) is 1. The Morgan fingerprint density at radius 3 is 2.50 bits per heavy atom. The van der Waals surface area contributed by atoms with Gasteiger partial charge in [0.1, 0.15) is 12.4 Å². The van der Waals surface area contributed by atoms with Crippen LogP contribution >= 0.6 is 0 Å². The zero-order chi connectivity index (χ0) is 19.5. The lowest BCUT2D eigenvalue weighted by molar-refractivity contribution is -0.145. The highest BCUT2D eigenvalue weighted by atomic mass is 32.2. The number of hydrogen-bond acceptors (Lipinski definition) is 5. The first-order valence-electron chi connectivity index (χ1n) is 7.33. The number of carbonyl (C=O) groups excluding carboxylic acids is 1. The van der Waals surface area contributed by atoms with E-state index in [4.69, 9.17) is 9.15 Å². The van der Waals surface area contributed by atoms with Crippen molar-refractivity contribution < 1.29 is 35.5 Å². The maximum atomic E-state index is 12.6. The second-order valence-electron chi connectivity index (χ2n) is 5.54. The number of carbonyl (C=O) groups is 1. The summed E-state index contributed by atoms with van der Waals surface area (Å²) in [5.41, 5.74) is -0.701. The molecule has 0 spiro atoms. The van der Waals surface area contributed by atoms with E-state index in [0.717, 1.165) is 16.4 Å². The van der Waals surface area contributed by atoms with E-state index < -0.39 is 27.7 Å². The smallest absolute Gasteiger partial charge is 0.416 e. The molecule has 1 aromatic carbocycles. The van der Waals surface area contributed by atoms with Crippen LogP contribution in [0.25, 0.3) is 0 Å². The number of alkyl halides is 3. The number of rotatable bonds is 6. The average molecular weight is 391 g/mol. The van der Waals surface area contributed by atoms with Gasteiger partial charge in [-0.2, -0.15) is 13.2 Å². The van der Waals surface area contributed by atoms with Gasteiger partial charge < -0.3 is 9.15 Å². The second kappa shape index (κ2) is 7.50. The SMILES string of the molecule is CN(C)S(=O)(=O)c1ccc(COC(=O)Cc2cccc(C(F)(F)F)c2)o1. The van der Waals surface area contributed by atoms with E-state index in [1.54, 1.807) is 0 Å². The monoisotopic (exact) mass is 391 g/mol. The highest BCUT2D eigenvalue weighted by molar-refractivity contribution is 7.88. The minimum absolute atomic E-state index is 0.0998. The average Bonchev–Trinajstić information content (AvgIpc) is 3.02. The predicted octanol–water partition coefficient (Wildman–Crippen LogP) is 2.83. The van der Waals surface area contributed by atoms with Gasteiger partial charge in [-0.1, -0.05) is 18.2 Å². The highest BCUT2D eigenvalue weighted by Gasteiger charge is 2.30. The molecule has 142 valence electrons. The molecule has 2 aromatic rings. The third kappa shape index (κ3) is 4.85. The topological polar surface area (TPSA) is 76.8 Å². The Morgan fingerprint density at radius 2 is 1.88 bits per heavy atom. The molecule has 1 heterocycles. The zero-order valence-electron chi connectivity index (χ0n) is 13.9. The van der Waals surface area contributed by atoms with Crippen LogP contribution < -0.4 is 0 Å². The minimum Gasteiger partial charge on any atom is -0.457 e. The standard InChI is InChI=1S/C16H16F3NO5S/c1-20(2)26(22,23)15-7-6-13(25-15)10-24-14(21)9-11-4-3-5-12(8-11)16(17,18)19/h3-8H,9-10H2,1-2H3. The number of furan rings is 1. The van der Waals surface area contributed by atoms with Crippen molar-refractivity contribution in [1.82, 2.24) is 4.31 Å². The molecule has 10 heteroatoms. The molecule has 0 radical (unpaired) electrons. The first kappa shape index (κ1) is 20.0. The number of halogens is 3. The number of ether oxygens (including phenoxy) is 1. The van der Waals surface area contributed by atoms with Gasteiger partial charge in [-0.25, -0.2) is 12.7 Å². The normalized spacial score (nSPS) is 12.4. The Hall–Kier alpha value is -2.33. The van der Waals surface area contributed by atoms with E-state index in [1.165, 1.54) is 38.4 Å². The molecule has 0 fully saturated rings. The molecule has 0 aliphatic heterocycles. The van der Waals surface area contributed by atoms with Crippen LogP contribution in [0.2, 0.25) is 0 Å². The summed E-state index contributed by atoms with van der Waals surface area (Å²) in [5, 5.41) is -0.300. The summed E-state index contributed by atoms with van der Waals surface area (Å²) in [6.45, 7) is -0.333. The molecule has 0 amide bonds. The van der Waals surface area contributed by atoms with Crippen LogP contribution in [-0.4, -0.2) is 32.8 Å². The van der Waals surface area contributed by atoms with Gasteiger partial charge in [-0.3, -0.25) is 4.79 Å². The Kier molecular flexibility index (Phi) is 5.77. The van der Waals surface area contributed by atoms with Crippen molar-refractivity contribution in [2.24, 2.45) is 0 Å². The lowest BCUT2D eigenvalue weighted by Gasteiger charge is -2.09. The Labute approximate surface area is 148 Å². The fourth-order valence-corrected chi connectivity index (χ4v) is 2.79. The van der Waals surface area contributed by atoms with Crippen molar-refractivity contribution in [2.75, 3.05) is 14.1 Å². The maximum absolute atomic E-state index is 12.6. The van der Waals surface area contributed by atoms with Crippen LogP contribution in [0.1, 0.15) is 16.9 Å². The summed E-state index contributed by atoms with van der Waals surface area (Å²) in [4.78, 5) is 11.8. The first-order chi connectivity index (χ1) is 12.0. The summed E-state index contributed by atoms with van der Waals surface area (Å²) >= 11 is 0. The third-order valence-electron chi connectivity index (χ3n) is 3.35. The van der Waals surface area contributed by atoms with Crippen molar-refractivity contribution in [2.45, 2.75) is 24.3 Å². The summed E-state index contributed by atoms with van der Waals surface area (Å²) in [6, 6.07) is 6.93. The molecule has 0 bridgehead atoms. The maximum Gasteiger partial charge on any atom is 0.416 e. The van der Waals surface area contributed by atoms with E-state index in [-0.39, 0.29) is 29.4 Å². The van der Waals surface area contributed by atoms with Gasteiger partial charge in [0.2, 0.25) is 5.09 Å². The molecule has 0 atom stereocenters. The van der Waals surface area contributed by atoms with Gasteiger partial charge in [-0.15, -0.1) is 0 Å². The van der Waals surface area contributed by atoms with Crippen molar-refractivity contribution in [3.63, 3.8) is 0 Å². The van der Waals surface area contributed by atoms with Crippen LogP contribution in [0, 0.1) is 0 Å². The van der Waals surface area contributed by atoms with E-state index in [1.807, 2.05) is 0 Å². The lowest BCUT2D eigenvalue weighted by atomic mass is 10.1. The van der Waals surface area contributed by atoms with Crippen LogP contribution in [0.4, 0.5) is 13.2 Å². The predicted molar refractivity (Wildman–Crippen MR) is 84.5 cm³/mol. The minimum atomic E-state index is -4.50. The quantitative estimate of drug-likeness (QED) is 0.708. The largest absolute Gasteiger partial charge is 0.457 e. The molecule has 0 unspecified atom stereocenters. The second-order valence-corrected chi connectivity index (χ2v) is 7.63. The molecule has 0 aliphatic rings. The summed E-state index contributed by atoms with van der Waals surface area (Å²) in [6.07, 6.45) is -4.85. The zero-order valence-corrected chi connectivity index (χ0v) is 14.7. The molecule has 0 N–H and O–H groups in total. The fourth-order valence-electron chi connectivity index (χ4n) is 1.98. The van der Waals surface area contributed by atoms with Gasteiger partial charge in [0.15, 0.2) is 0 Å². The Balaban J connectivity index is 1.97. The number of sulfonamides is 1. The molecule has 6 nitrogen and oxygen atoms in total. The summed E-state index contributed by atoms with van der Waals surface area (Å²) in [5.74, 6) is -0.666. The van der Waals surface area contributed by atoms with Crippen LogP contribution in [0.5, 0.6) is 0 Å². The van der Waals surface area contributed by atoms with E-state index in [2.05, 4.69) is 0 Å². The van der Waals surface area contributed by atoms with Gasteiger partial charge in [0.25, 0.3) is 10.0 Å². The molecule has 26 heavy (non-hydrogen) atoms. The fraction of sp³-hybridized carbons (Fsp3) is 0.312. The van der Waals surface area contributed by atoms with E-state index in [0.29, 0.717) is 0 Å². The summed E-state index contributed by atoms with van der Waals surface area (Å²) in [7, 11) is -1.06. The van der Waals surface area contributed by atoms with Gasteiger partial charge >= 0.3 is 12.1 Å². The van der Waals surface area contributed by atoms with Crippen LogP contribution in [-0.2, 0) is 38.8 Å². The van der Waals surface area contributed by atoms with Gasteiger partial charge in [-0.05, 0) is 23.8 Å². The van der Waals surface area contributed by atoms with Gasteiger partial charge in [0.05, 0.1) is 12.0 Å². The summed E-state index contributed by atoms with van der Waals surface area (Å²) < 4.78 is 72.7. The highest BCUT2D eigenvalue weighted by Crippen LogP contribution is 2.29. The number of esters is 1. The first-order valence-corrected chi connectivity index (χ1v) is 8.77. The number of hydrogen-bond donors (Lipinski definition) is 0. The molecule has 0 saturated heterocycles. The molecule has 0 saturated carbocycles. The molecule has 2 rings (SSSR count). The van der Waals surface area contributed by atoms with Gasteiger partial charge in [0, 0.05) is 14.1 Å². The van der Waals surface area contributed by atoms with Crippen LogP contribution in [0.15, 0.2) is 45.9 Å². The van der Waals surface area contributed by atoms with Crippen molar-refractivity contribution in [3.05, 3.63) is 53.3 Å². The lowest BCUT2D eigenvalue weighted by Crippen LogP contribution is -2.21. The molecule has 0 aliphatic carbocycles. The van der Waals surface area contributed by atoms with Crippen molar-refractivity contribution >= 4 is 16.0 Å². The van der Waals surface area contributed by atoms with E-state index >= 15 is 0 Å². The van der Waals surface area contributed by atoms with Crippen molar-refractivity contribution in [1.29, 1.82) is 0 Å². The van der Waals surface area contributed by atoms with E-state index in [9.17, 15) is 26.4 Å².